The van der Waals surface area contributed by atoms with Crippen molar-refractivity contribution in [2.75, 3.05) is 23.3 Å². The molecule has 4 rings (SSSR count). The van der Waals surface area contributed by atoms with E-state index in [4.69, 9.17) is 15.3 Å². The number of hydrazine groups is 1. The summed E-state index contributed by atoms with van der Waals surface area (Å²) in [6, 6.07) is 16.3. The molecule has 0 saturated heterocycles. The maximum absolute atomic E-state index is 13.4. The highest BCUT2D eigenvalue weighted by Crippen LogP contribution is 2.41. The molecule has 0 aliphatic heterocycles. The Morgan fingerprint density at radius 1 is 0.953 bits per heavy atom. The number of hydrogen-bond donors (Lipinski definition) is 3. The monoisotopic (exact) mass is 623 g/mol. The van der Waals surface area contributed by atoms with Gasteiger partial charge >= 0.3 is 0 Å². The summed E-state index contributed by atoms with van der Waals surface area (Å²) < 4.78 is 41.0. The average Bonchev–Trinajstić information content (AvgIpc) is 3.00. The molecular formula is C29H33N7O5S2. The Morgan fingerprint density at radius 2 is 1.63 bits per heavy atom. The van der Waals surface area contributed by atoms with E-state index in [2.05, 4.69) is 50.9 Å². The second-order valence-electron chi connectivity index (χ2n) is 10.3. The Morgan fingerprint density at radius 3 is 2.26 bits per heavy atom. The Kier molecular flexibility index (Phi) is 10.2. The summed E-state index contributed by atoms with van der Waals surface area (Å²) in [6.07, 6.45) is 3.28. The van der Waals surface area contributed by atoms with Crippen molar-refractivity contribution in [1.29, 1.82) is 0 Å². The minimum atomic E-state index is -3.95. The molecule has 0 saturated carbocycles. The number of nitrogens with one attached hydrogen (secondary N) is 2. The number of amides is 1. The molecule has 4 N–H and O–H groups in total. The van der Waals surface area contributed by atoms with Crippen molar-refractivity contribution in [1.82, 2.24) is 25.4 Å². The molecule has 0 unspecified atom stereocenters. The zero-order valence-corrected chi connectivity index (χ0v) is 25.8. The van der Waals surface area contributed by atoms with Crippen LogP contribution in [0.15, 0.2) is 72.0 Å². The SMILES string of the molecule is COc1ccccc1Oc1c(NS(=O)(=O)CCc2ccc(C(C)(C)C)cc2)nc(-c2ncccn2)nc1SCC(=O)NN. The van der Waals surface area contributed by atoms with Crippen molar-refractivity contribution in [2.24, 2.45) is 5.84 Å². The second-order valence-corrected chi connectivity index (χ2v) is 13.1. The van der Waals surface area contributed by atoms with Gasteiger partial charge in [-0.3, -0.25) is 14.9 Å². The van der Waals surface area contributed by atoms with Crippen LogP contribution >= 0.6 is 11.8 Å². The molecule has 0 aliphatic carbocycles. The summed E-state index contributed by atoms with van der Waals surface area (Å²) in [5.74, 6) is 5.09. The summed E-state index contributed by atoms with van der Waals surface area (Å²) in [7, 11) is -2.47. The number of methoxy groups -OCH3 is 1. The van der Waals surface area contributed by atoms with E-state index in [1.807, 2.05) is 24.3 Å². The molecule has 2 aromatic heterocycles. The minimum Gasteiger partial charge on any atom is -0.493 e. The lowest BCUT2D eigenvalue weighted by Gasteiger charge is -2.19. The van der Waals surface area contributed by atoms with Gasteiger partial charge in [-0.15, -0.1) is 0 Å². The smallest absolute Gasteiger partial charge is 0.244 e. The van der Waals surface area contributed by atoms with Crippen LogP contribution in [0.3, 0.4) is 0 Å². The molecule has 4 aromatic rings. The maximum Gasteiger partial charge on any atom is 0.244 e. The standard InChI is InChI=1S/C29H33N7O5S2/c1-29(2,3)20-12-10-19(11-13-20)14-17-43(38,39)36-25-24(41-22-9-6-5-8-21(22)40-4)28(42-18-23(37)35-30)34-27(33-25)26-31-15-7-16-32-26/h5-13,15-16H,14,17-18,30H2,1-4H3,(H,35,37)(H,33,34,36). The van der Waals surface area contributed by atoms with Crippen LogP contribution in [0.25, 0.3) is 11.6 Å². The molecule has 0 bridgehead atoms. The van der Waals surface area contributed by atoms with Gasteiger partial charge in [-0.25, -0.2) is 34.2 Å². The van der Waals surface area contributed by atoms with Crippen LogP contribution in [0.1, 0.15) is 31.9 Å². The van der Waals surface area contributed by atoms with Gasteiger partial charge in [0, 0.05) is 12.4 Å². The topological polar surface area (TPSA) is 171 Å². The quantitative estimate of drug-likeness (QED) is 0.0682. The molecule has 0 spiro atoms. The summed E-state index contributed by atoms with van der Waals surface area (Å²) >= 11 is 0.976. The number of rotatable bonds is 12. The Labute approximate surface area is 254 Å². The van der Waals surface area contributed by atoms with E-state index in [1.165, 1.54) is 19.5 Å². The van der Waals surface area contributed by atoms with Crippen molar-refractivity contribution in [2.45, 2.75) is 37.6 Å². The first-order valence-corrected chi connectivity index (χ1v) is 15.9. The molecular weight excluding hydrogens is 590 g/mol. The number of ether oxygens (including phenoxy) is 2. The van der Waals surface area contributed by atoms with Gasteiger partial charge in [0.15, 0.2) is 23.1 Å². The summed E-state index contributed by atoms with van der Waals surface area (Å²) in [5, 5.41) is 0.155. The van der Waals surface area contributed by atoms with E-state index in [0.29, 0.717) is 5.75 Å². The molecule has 12 nitrogen and oxygen atoms in total. The number of nitrogens with zero attached hydrogens (tertiary/aromatic N) is 4. The molecule has 2 heterocycles. The first-order chi connectivity index (χ1) is 20.5. The van der Waals surface area contributed by atoms with Crippen molar-refractivity contribution >= 4 is 33.5 Å². The molecule has 0 radical (unpaired) electrons. The Hall–Kier alpha value is -4.27. The van der Waals surface area contributed by atoms with Gasteiger partial charge < -0.3 is 9.47 Å². The van der Waals surface area contributed by atoms with Crippen LogP contribution in [-0.4, -0.2) is 52.9 Å². The van der Waals surface area contributed by atoms with E-state index in [-0.39, 0.29) is 57.3 Å². The van der Waals surface area contributed by atoms with Gasteiger partial charge in [-0.2, -0.15) is 0 Å². The second kappa shape index (κ2) is 13.8. The highest BCUT2D eigenvalue weighted by molar-refractivity contribution is 8.00. The molecule has 0 atom stereocenters. The summed E-state index contributed by atoms with van der Waals surface area (Å²) in [6.45, 7) is 6.35. The number of aromatic nitrogens is 4. The number of carbonyl (C=O) groups is 1. The van der Waals surface area contributed by atoms with Gasteiger partial charge in [0.05, 0.1) is 18.6 Å². The average molecular weight is 624 g/mol. The number of hydrogen-bond acceptors (Lipinski definition) is 11. The Bertz CT molecular complexity index is 1660. The summed E-state index contributed by atoms with van der Waals surface area (Å²) in [5.41, 5.74) is 4.07. The molecule has 226 valence electrons. The normalized spacial score (nSPS) is 11.6. The number of carbonyl (C=O) groups excluding carboxylic acids is 1. The third kappa shape index (κ3) is 8.63. The fraction of sp³-hybridized carbons (Fsp3) is 0.276. The van der Waals surface area contributed by atoms with Crippen LogP contribution in [-0.2, 0) is 26.7 Å². The van der Waals surface area contributed by atoms with Gasteiger partial charge in [0.25, 0.3) is 0 Å². The zero-order chi connectivity index (χ0) is 31.0. The van der Waals surface area contributed by atoms with Crippen molar-refractivity contribution < 1.29 is 22.7 Å². The third-order valence-electron chi connectivity index (χ3n) is 6.11. The Balaban J connectivity index is 1.73. The highest BCUT2D eigenvalue weighted by Gasteiger charge is 2.25. The number of thioether (sulfide) groups is 1. The molecule has 2 aromatic carbocycles. The van der Waals surface area contributed by atoms with Crippen LogP contribution < -0.4 is 25.5 Å². The minimum absolute atomic E-state index is 0.0161. The van der Waals surface area contributed by atoms with Gasteiger partial charge in [0.1, 0.15) is 5.03 Å². The molecule has 14 heteroatoms. The zero-order valence-electron chi connectivity index (χ0n) is 24.2. The molecule has 43 heavy (non-hydrogen) atoms. The molecule has 0 fully saturated rings. The lowest BCUT2D eigenvalue weighted by atomic mass is 9.86. The van der Waals surface area contributed by atoms with Crippen LogP contribution in [0.2, 0.25) is 0 Å². The summed E-state index contributed by atoms with van der Waals surface area (Å²) in [4.78, 5) is 29.4. The van der Waals surface area contributed by atoms with E-state index >= 15 is 0 Å². The highest BCUT2D eigenvalue weighted by atomic mass is 32.2. The lowest BCUT2D eigenvalue weighted by molar-refractivity contribution is -0.118. The van der Waals surface area contributed by atoms with Crippen LogP contribution in [0, 0.1) is 0 Å². The first kappa shape index (κ1) is 31.7. The van der Waals surface area contributed by atoms with E-state index in [1.54, 1.807) is 30.3 Å². The van der Waals surface area contributed by atoms with Crippen LogP contribution in [0.5, 0.6) is 17.2 Å². The van der Waals surface area contributed by atoms with E-state index in [0.717, 1.165) is 22.9 Å². The first-order valence-electron chi connectivity index (χ1n) is 13.2. The van der Waals surface area contributed by atoms with Gasteiger partial charge in [0.2, 0.25) is 27.5 Å². The number of sulfonamides is 1. The van der Waals surface area contributed by atoms with Crippen molar-refractivity contribution in [3.8, 4) is 28.9 Å². The van der Waals surface area contributed by atoms with Crippen LogP contribution in [0.4, 0.5) is 5.82 Å². The number of anilines is 1. The number of benzene rings is 2. The van der Waals surface area contributed by atoms with E-state index in [9.17, 15) is 13.2 Å². The fourth-order valence-corrected chi connectivity index (χ4v) is 5.63. The lowest BCUT2D eigenvalue weighted by Crippen LogP contribution is -2.31. The van der Waals surface area contributed by atoms with Gasteiger partial charge in [-0.1, -0.05) is 68.9 Å². The predicted molar refractivity (Wildman–Crippen MR) is 165 cm³/mol. The van der Waals surface area contributed by atoms with Crippen molar-refractivity contribution in [3.05, 3.63) is 78.1 Å². The largest absolute Gasteiger partial charge is 0.493 e. The van der Waals surface area contributed by atoms with Gasteiger partial charge in [-0.05, 0) is 41.2 Å². The number of nitrogens with two attached hydrogens (primary N) is 1. The number of aryl methyl sites for hydroxylation is 1. The maximum atomic E-state index is 13.4. The molecule has 0 aliphatic rings. The van der Waals surface area contributed by atoms with E-state index < -0.39 is 15.9 Å². The number of para-hydroxylation sites is 2. The fourth-order valence-electron chi connectivity index (χ4n) is 3.81. The predicted octanol–water partition coefficient (Wildman–Crippen LogP) is 4.10. The molecule has 1 amide bonds. The van der Waals surface area contributed by atoms with Crippen molar-refractivity contribution in [3.63, 3.8) is 0 Å². The third-order valence-corrected chi connectivity index (χ3v) is 8.32.